The highest BCUT2D eigenvalue weighted by Crippen LogP contribution is 2.37. The van der Waals surface area contributed by atoms with Crippen molar-refractivity contribution in [1.82, 2.24) is 0 Å². The maximum absolute atomic E-state index is 6.51. The minimum atomic E-state index is 0.442. The molecule has 3 rings (SSSR count). The molecule has 0 fully saturated rings. The molecule has 0 unspecified atom stereocenters. The number of aryl methyl sites for hydroxylation is 2. The third-order valence-electron chi connectivity index (χ3n) is 4.67. The summed E-state index contributed by atoms with van der Waals surface area (Å²) >= 11 is 6.51. The second-order valence-corrected chi connectivity index (χ2v) is 7.15. The van der Waals surface area contributed by atoms with E-state index in [0.717, 1.165) is 23.2 Å². The first-order valence-corrected chi connectivity index (χ1v) is 9.85. The monoisotopic (exact) mass is 395 g/mol. The number of methoxy groups -OCH3 is 1. The Kier molecular flexibility index (Phi) is 6.83. The van der Waals surface area contributed by atoms with E-state index in [1.54, 1.807) is 7.11 Å². The molecule has 3 aromatic carbocycles. The molecule has 0 amide bonds. The van der Waals surface area contributed by atoms with Gasteiger partial charge < -0.3 is 14.8 Å². The summed E-state index contributed by atoms with van der Waals surface area (Å²) in [4.78, 5) is 0. The van der Waals surface area contributed by atoms with Crippen LogP contribution in [0.5, 0.6) is 11.5 Å². The van der Waals surface area contributed by atoms with Crippen molar-refractivity contribution in [3.05, 3.63) is 87.9 Å². The van der Waals surface area contributed by atoms with Crippen molar-refractivity contribution in [2.45, 2.75) is 33.4 Å². The zero-order valence-electron chi connectivity index (χ0n) is 16.6. The van der Waals surface area contributed by atoms with Gasteiger partial charge in [-0.1, -0.05) is 66.6 Å². The summed E-state index contributed by atoms with van der Waals surface area (Å²) in [7, 11) is 1.63. The molecule has 0 heterocycles. The van der Waals surface area contributed by atoms with Gasteiger partial charge in [0.15, 0.2) is 11.5 Å². The molecule has 0 aromatic heterocycles. The Bertz CT molecular complexity index is 922. The third-order valence-corrected chi connectivity index (χ3v) is 4.95. The molecule has 0 saturated carbocycles. The van der Waals surface area contributed by atoms with Crippen molar-refractivity contribution < 1.29 is 9.47 Å². The maximum atomic E-state index is 6.51. The number of halogens is 1. The van der Waals surface area contributed by atoms with E-state index in [1.165, 1.54) is 11.1 Å². The van der Waals surface area contributed by atoms with Crippen LogP contribution in [0.2, 0.25) is 5.02 Å². The number of hydrogen-bond acceptors (Lipinski definition) is 3. The molecule has 0 aliphatic carbocycles. The number of rotatable bonds is 8. The predicted octanol–water partition coefficient (Wildman–Crippen LogP) is 6.41. The Balaban J connectivity index is 1.72. The predicted molar refractivity (Wildman–Crippen MR) is 117 cm³/mol. The fraction of sp³-hybridized carbons (Fsp3) is 0.250. The van der Waals surface area contributed by atoms with Gasteiger partial charge in [0.05, 0.1) is 12.1 Å². The maximum Gasteiger partial charge on any atom is 0.180 e. The molecule has 28 heavy (non-hydrogen) atoms. The van der Waals surface area contributed by atoms with E-state index in [-0.39, 0.29) is 0 Å². The normalized spacial score (nSPS) is 10.6. The zero-order chi connectivity index (χ0) is 19.9. The van der Waals surface area contributed by atoms with E-state index in [2.05, 4.69) is 61.6 Å². The van der Waals surface area contributed by atoms with Crippen LogP contribution < -0.4 is 14.8 Å². The molecule has 0 radical (unpaired) electrons. The van der Waals surface area contributed by atoms with Gasteiger partial charge in [-0.25, -0.2) is 0 Å². The highest BCUT2D eigenvalue weighted by molar-refractivity contribution is 6.32. The summed E-state index contributed by atoms with van der Waals surface area (Å²) in [5, 5.41) is 4.03. The molecule has 4 heteroatoms. The van der Waals surface area contributed by atoms with Crippen LogP contribution in [0.1, 0.15) is 29.2 Å². The van der Waals surface area contributed by atoms with Crippen LogP contribution in [0, 0.1) is 6.92 Å². The van der Waals surface area contributed by atoms with E-state index in [9.17, 15) is 0 Å². The van der Waals surface area contributed by atoms with Crippen molar-refractivity contribution in [3.8, 4) is 11.5 Å². The van der Waals surface area contributed by atoms with Crippen molar-refractivity contribution in [3.63, 3.8) is 0 Å². The quantitative estimate of drug-likeness (QED) is 0.478. The Morgan fingerprint density at radius 1 is 0.964 bits per heavy atom. The molecule has 0 spiro atoms. The lowest BCUT2D eigenvalue weighted by molar-refractivity contribution is 0.284. The van der Waals surface area contributed by atoms with Gasteiger partial charge in [0.25, 0.3) is 0 Å². The van der Waals surface area contributed by atoms with E-state index in [0.29, 0.717) is 29.7 Å². The molecule has 0 atom stereocenters. The summed E-state index contributed by atoms with van der Waals surface area (Å²) in [6.07, 6.45) is 0.985. The number of benzene rings is 3. The summed E-state index contributed by atoms with van der Waals surface area (Å²) in [5.41, 5.74) is 5.78. The highest BCUT2D eigenvalue weighted by Gasteiger charge is 2.13. The molecular formula is C24H26ClNO2. The zero-order valence-corrected chi connectivity index (χ0v) is 17.3. The molecule has 3 aromatic rings. The van der Waals surface area contributed by atoms with Crippen molar-refractivity contribution in [1.29, 1.82) is 0 Å². The summed E-state index contributed by atoms with van der Waals surface area (Å²) in [6, 6.07) is 20.5. The fourth-order valence-electron chi connectivity index (χ4n) is 3.05. The van der Waals surface area contributed by atoms with Gasteiger partial charge in [-0.05, 0) is 48.2 Å². The lowest BCUT2D eigenvalue weighted by Crippen LogP contribution is -2.04. The largest absolute Gasteiger partial charge is 0.493 e. The third kappa shape index (κ3) is 4.99. The number of hydrogen-bond donors (Lipinski definition) is 1. The van der Waals surface area contributed by atoms with Gasteiger partial charge in [-0.3, -0.25) is 0 Å². The van der Waals surface area contributed by atoms with Gasteiger partial charge >= 0.3 is 0 Å². The van der Waals surface area contributed by atoms with Gasteiger partial charge in [-0.15, -0.1) is 0 Å². The Labute approximate surface area is 172 Å². The van der Waals surface area contributed by atoms with Crippen LogP contribution in [0.25, 0.3) is 0 Å². The number of nitrogens with one attached hydrogen (secondary N) is 1. The summed E-state index contributed by atoms with van der Waals surface area (Å²) in [5.74, 6) is 1.21. The van der Waals surface area contributed by atoms with Crippen LogP contribution in [-0.4, -0.2) is 7.11 Å². The molecule has 0 bridgehead atoms. The van der Waals surface area contributed by atoms with E-state index in [1.807, 2.05) is 18.2 Å². The first-order valence-electron chi connectivity index (χ1n) is 9.47. The van der Waals surface area contributed by atoms with E-state index in [4.69, 9.17) is 21.1 Å². The molecule has 0 saturated heterocycles. The van der Waals surface area contributed by atoms with Crippen LogP contribution >= 0.6 is 11.6 Å². The number of para-hydroxylation sites is 1. The second-order valence-electron chi connectivity index (χ2n) is 6.75. The first kappa shape index (κ1) is 20.1. The van der Waals surface area contributed by atoms with E-state index >= 15 is 0 Å². The molecule has 3 nitrogen and oxygen atoms in total. The van der Waals surface area contributed by atoms with Crippen LogP contribution in [-0.2, 0) is 19.6 Å². The lowest BCUT2D eigenvalue weighted by Gasteiger charge is -2.16. The summed E-state index contributed by atoms with van der Waals surface area (Å²) in [6.45, 7) is 5.32. The highest BCUT2D eigenvalue weighted by atomic mass is 35.5. The van der Waals surface area contributed by atoms with Crippen molar-refractivity contribution in [2.24, 2.45) is 0 Å². The van der Waals surface area contributed by atoms with Gasteiger partial charge in [0.2, 0.25) is 0 Å². The van der Waals surface area contributed by atoms with Crippen molar-refractivity contribution >= 4 is 17.3 Å². The van der Waals surface area contributed by atoms with Crippen LogP contribution in [0.3, 0.4) is 0 Å². The second kappa shape index (κ2) is 9.52. The minimum Gasteiger partial charge on any atom is -0.493 e. The molecule has 0 aliphatic rings. The first-order chi connectivity index (χ1) is 13.6. The van der Waals surface area contributed by atoms with Crippen LogP contribution in [0.4, 0.5) is 5.69 Å². The molecular weight excluding hydrogens is 370 g/mol. The Morgan fingerprint density at radius 3 is 2.43 bits per heavy atom. The molecule has 146 valence electrons. The fourth-order valence-corrected chi connectivity index (χ4v) is 3.34. The molecule has 1 N–H and O–H groups in total. The van der Waals surface area contributed by atoms with Crippen LogP contribution in [0.15, 0.2) is 60.7 Å². The average molecular weight is 396 g/mol. The van der Waals surface area contributed by atoms with Gasteiger partial charge in [0.1, 0.15) is 6.61 Å². The smallest absolute Gasteiger partial charge is 0.180 e. The Hall–Kier alpha value is -2.65. The topological polar surface area (TPSA) is 30.5 Å². The number of ether oxygens (including phenoxy) is 2. The SMILES string of the molecule is CCc1ccccc1NCc1cc(Cl)c(OCc2ccc(C)cc2)c(OC)c1. The minimum absolute atomic E-state index is 0.442. The number of anilines is 1. The van der Waals surface area contributed by atoms with E-state index < -0.39 is 0 Å². The van der Waals surface area contributed by atoms with Gasteiger partial charge in [-0.2, -0.15) is 0 Å². The van der Waals surface area contributed by atoms with Gasteiger partial charge in [0, 0.05) is 12.2 Å². The lowest BCUT2D eigenvalue weighted by atomic mass is 10.1. The standard InChI is InChI=1S/C24H26ClNO2/c1-4-20-7-5-6-8-22(20)26-15-19-13-21(25)24(23(14-19)27-3)28-16-18-11-9-17(2)10-12-18/h5-14,26H,4,15-16H2,1-3H3. The molecule has 0 aliphatic heterocycles. The van der Waals surface area contributed by atoms with Crippen molar-refractivity contribution in [2.75, 3.05) is 12.4 Å². The summed E-state index contributed by atoms with van der Waals surface area (Å²) < 4.78 is 11.5. The average Bonchev–Trinajstić information content (AvgIpc) is 2.72. The Morgan fingerprint density at radius 2 is 1.71 bits per heavy atom.